The van der Waals surface area contributed by atoms with Crippen molar-refractivity contribution in [2.45, 2.75) is 19.5 Å². The average Bonchev–Trinajstić information content (AvgIpc) is 2.52. The zero-order valence-corrected chi connectivity index (χ0v) is 12.1. The summed E-state index contributed by atoms with van der Waals surface area (Å²) in [5.41, 5.74) is 2.54. The van der Waals surface area contributed by atoms with Gasteiger partial charge in [-0.15, -0.1) is 0 Å². The maximum Gasteiger partial charge on any atom is 0.136 e. The Bertz CT molecular complexity index is 647. The van der Waals surface area contributed by atoms with Crippen molar-refractivity contribution in [3.8, 4) is 11.8 Å². The maximum absolute atomic E-state index is 12.9. The lowest BCUT2D eigenvalue weighted by atomic mass is 10.1. The lowest BCUT2D eigenvalue weighted by Gasteiger charge is -2.15. The van der Waals surface area contributed by atoms with Crippen LogP contribution in [0.25, 0.3) is 0 Å². The van der Waals surface area contributed by atoms with E-state index < -0.39 is 0 Å². The Labute approximate surface area is 124 Å². The van der Waals surface area contributed by atoms with Crippen LogP contribution in [0.5, 0.6) is 5.75 Å². The Hall–Kier alpha value is -2.38. The minimum Gasteiger partial charge on any atom is -0.495 e. The Morgan fingerprint density at radius 1 is 1.24 bits per heavy atom. The van der Waals surface area contributed by atoms with Crippen LogP contribution in [0.15, 0.2) is 42.5 Å². The fourth-order valence-electron chi connectivity index (χ4n) is 2.09. The average molecular weight is 284 g/mol. The van der Waals surface area contributed by atoms with Gasteiger partial charge < -0.3 is 10.1 Å². The van der Waals surface area contributed by atoms with Crippen LogP contribution in [0.3, 0.4) is 0 Å². The minimum atomic E-state index is -0.236. The number of hydrogen-bond donors (Lipinski definition) is 1. The first-order valence-electron chi connectivity index (χ1n) is 6.70. The quantitative estimate of drug-likeness (QED) is 0.913. The van der Waals surface area contributed by atoms with Gasteiger partial charge in [0, 0.05) is 12.6 Å². The highest BCUT2D eigenvalue weighted by Crippen LogP contribution is 2.19. The molecule has 108 valence electrons. The predicted molar refractivity (Wildman–Crippen MR) is 79.4 cm³/mol. The van der Waals surface area contributed by atoms with E-state index in [4.69, 9.17) is 10.00 Å². The van der Waals surface area contributed by atoms with Gasteiger partial charge in [-0.25, -0.2) is 4.39 Å². The Morgan fingerprint density at radius 3 is 2.57 bits per heavy atom. The summed E-state index contributed by atoms with van der Waals surface area (Å²) >= 11 is 0. The van der Waals surface area contributed by atoms with E-state index in [1.165, 1.54) is 12.1 Å². The first kappa shape index (κ1) is 15.0. The van der Waals surface area contributed by atoms with Crippen LogP contribution >= 0.6 is 0 Å². The highest BCUT2D eigenvalue weighted by Gasteiger charge is 2.07. The number of ether oxygens (including phenoxy) is 1. The fourth-order valence-corrected chi connectivity index (χ4v) is 2.09. The number of methoxy groups -OCH3 is 1. The van der Waals surface area contributed by atoms with E-state index in [1.807, 2.05) is 19.1 Å². The lowest BCUT2D eigenvalue weighted by molar-refractivity contribution is 0.413. The molecule has 0 saturated heterocycles. The van der Waals surface area contributed by atoms with Gasteiger partial charge in [-0.2, -0.15) is 5.26 Å². The molecule has 0 aliphatic rings. The zero-order valence-electron chi connectivity index (χ0n) is 12.1. The van der Waals surface area contributed by atoms with E-state index in [2.05, 4.69) is 11.4 Å². The third kappa shape index (κ3) is 3.80. The molecule has 2 aromatic carbocycles. The van der Waals surface area contributed by atoms with Gasteiger partial charge in [-0.05, 0) is 42.3 Å². The van der Waals surface area contributed by atoms with Crippen LogP contribution in [0, 0.1) is 17.1 Å². The van der Waals surface area contributed by atoms with Gasteiger partial charge in [0.05, 0.1) is 12.7 Å². The second-order valence-electron chi connectivity index (χ2n) is 4.80. The van der Waals surface area contributed by atoms with Crippen molar-refractivity contribution in [2.75, 3.05) is 7.11 Å². The monoisotopic (exact) mass is 284 g/mol. The molecular weight excluding hydrogens is 267 g/mol. The van der Waals surface area contributed by atoms with Crippen molar-refractivity contribution in [3.63, 3.8) is 0 Å². The molecular formula is C17H17FN2O. The molecule has 1 unspecified atom stereocenters. The van der Waals surface area contributed by atoms with E-state index in [1.54, 1.807) is 25.3 Å². The van der Waals surface area contributed by atoms with Gasteiger partial charge >= 0.3 is 0 Å². The van der Waals surface area contributed by atoms with E-state index in [-0.39, 0.29) is 11.9 Å². The molecule has 0 fully saturated rings. The number of hydrogen-bond acceptors (Lipinski definition) is 3. The summed E-state index contributed by atoms with van der Waals surface area (Å²) in [4.78, 5) is 0. The molecule has 0 heterocycles. The molecule has 1 N–H and O–H groups in total. The van der Waals surface area contributed by atoms with Gasteiger partial charge in [0.25, 0.3) is 0 Å². The molecule has 4 heteroatoms. The van der Waals surface area contributed by atoms with Gasteiger partial charge in [0.2, 0.25) is 0 Å². The fraction of sp³-hybridized carbons (Fsp3) is 0.235. The molecule has 21 heavy (non-hydrogen) atoms. The van der Waals surface area contributed by atoms with Crippen LogP contribution in [0.2, 0.25) is 0 Å². The summed E-state index contributed by atoms with van der Waals surface area (Å²) in [5.74, 6) is 0.340. The van der Waals surface area contributed by atoms with Crippen LogP contribution in [-0.4, -0.2) is 7.11 Å². The summed E-state index contributed by atoms with van der Waals surface area (Å²) in [5, 5.41) is 12.4. The van der Waals surface area contributed by atoms with Crippen LogP contribution in [0.1, 0.15) is 29.7 Å². The van der Waals surface area contributed by atoms with Crippen molar-refractivity contribution >= 4 is 0 Å². The van der Waals surface area contributed by atoms with Gasteiger partial charge in [0.15, 0.2) is 0 Å². The second kappa shape index (κ2) is 6.87. The SMILES string of the molecule is COc1ccc(CNC(C)c2ccc(F)cc2)cc1C#N. The summed E-state index contributed by atoms with van der Waals surface area (Å²) in [6.45, 7) is 2.64. The van der Waals surface area contributed by atoms with Crippen LogP contribution in [-0.2, 0) is 6.54 Å². The molecule has 0 aromatic heterocycles. The molecule has 0 radical (unpaired) electrons. The first-order valence-corrected chi connectivity index (χ1v) is 6.70. The zero-order chi connectivity index (χ0) is 15.2. The molecule has 3 nitrogen and oxygen atoms in total. The third-order valence-electron chi connectivity index (χ3n) is 3.37. The predicted octanol–water partition coefficient (Wildman–Crippen LogP) is 3.56. The molecule has 0 spiro atoms. The van der Waals surface area contributed by atoms with E-state index in [0.717, 1.165) is 11.1 Å². The number of nitrogens with zero attached hydrogens (tertiary/aromatic N) is 1. The topological polar surface area (TPSA) is 45.0 Å². The summed E-state index contributed by atoms with van der Waals surface area (Å²) in [6, 6.07) is 14.2. The number of nitriles is 1. The summed E-state index contributed by atoms with van der Waals surface area (Å²) in [6.07, 6.45) is 0. The smallest absolute Gasteiger partial charge is 0.136 e. The van der Waals surface area contributed by atoms with Gasteiger partial charge in [-0.3, -0.25) is 0 Å². The number of benzene rings is 2. The summed E-state index contributed by atoms with van der Waals surface area (Å²) in [7, 11) is 1.55. The van der Waals surface area contributed by atoms with E-state index in [9.17, 15) is 4.39 Å². The summed E-state index contributed by atoms with van der Waals surface area (Å²) < 4.78 is 18.0. The van der Waals surface area contributed by atoms with E-state index >= 15 is 0 Å². The van der Waals surface area contributed by atoms with Crippen molar-refractivity contribution < 1.29 is 9.13 Å². The second-order valence-corrected chi connectivity index (χ2v) is 4.80. The molecule has 0 aliphatic carbocycles. The normalized spacial score (nSPS) is 11.7. The van der Waals surface area contributed by atoms with Crippen molar-refractivity contribution in [1.82, 2.24) is 5.32 Å². The molecule has 1 atom stereocenters. The van der Waals surface area contributed by atoms with Gasteiger partial charge in [0.1, 0.15) is 17.6 Å². The highest BCUT2D eigenvalue weighted by atomic mass is 19.1. The largest absolute Gasteiger partial charge is 0.495 e. The Balaban J connectivity index is 2.03. The Morgan fingerprint density at radius 2 is 1.95 bits per heavy atom. The molecule has 2 rings (SSSR count). The van der Waals surface area contributed by atoms with Crippen molar-refractivity contribution in [3.05, 3.63) is 65.0 Å². The van der Waals surface area contributed by atoms with Crippen molar-refractivity contribution in [1.29, 1.82) is 5.26 Å². The molecule has 2 aromatic rings. The maximum atomic E-state index is 12.9. The van der Waals surface area contributed by atoms with Gasteiger partial charge in [-0.1, -0.05) is 18.2 Å². The minimum absolute atomic E-state index is 0.0956. The lowest BCUT2D eigenvalue weighted by Crippen LogP contribution is -2.18. The van der Waals surface area contributed by atoms with Crippen molar-refractivity contribution in [2.24, 2.45) is 0 Å². The van der Waals surface area contributed by atoms with Crippen LogP contribution < -0.4 is 10.1 Å². The Kier molecular flexibility index (Phi) is 4.91. The van der Waals surface area contributed by atoms with Crippen LogP contribution in [0.4, 0.5) is 4.39 Å². The standard InChI is InChI=1S/C17H17FN2O/c1-12(14-4-6-16(18)7-5-14)20-11-13-3-8-17(21-2)15(9-13)10-19/h3-9,12,20H,11H2,1-2H3. The third-order valence-corrected chi connectivity index (χ3v) is 3.37. The van der Waals surface area contributed by atoms with E-state index in [0.29, 0.717) is 17.9 Å². The molecule has 0 saturated carbocycles. The number of nitrogens with one attached hydrogen (secondary N) is 1. The highest BCUT2D eigenvalue weighted by molar-refractivity contribution is 5.45. The molecule has 0 aliphatic heterocycles. The number of halogens is 1. The molecule has 0 amide bonds. The molecule has 0 bridgehead atoms. The first-order chi connectivity index (χ1) is 10.1. The number of rotatable bonds is 5.